The largest absolute Gasteiger partial charge is 0.481 e. The van der Waals surface area contributed by atoms with Crippen LogP contribution in [-0.2, 0) is 17.5 Å². The second kappa shape index (κ2) is 8.86. The number of fused-ring (bicyclic) bond motifs is 1. The summed E-state index contributed by atoms with van der Waals surface area (Å²) in [5.74, 6) is -0.751. The quantitative estimate of drug-likeness (QED) is 0.257. The molecule has 11 heteroatoms. The molecular weight excluding hydrogens is 503 g/mol. The van der Waals surface area contributed by atoms with Gasteiger partial charge >= 0.3 is 12.1 Å². The molecule has 0 bridgehead atoms. The van der Waals surface area contributed by atoms with Gasteiger partial charge in [0.2, 0.25) is 5.82 Å². The maximum absolute atomic E-state index is 13.7. The molecule has 0 atom stereocenters. The van der Waals surface area contributed by atoms with Crippen LogP contribution in [0.5, 0.6) is 0 Å². The minimum absolute atomic E-state index is 0.0251. The van der Waals surface area contributed by atoms with E-state index in [2.05, 4.69) is 10.1 Å². The van der Waals surface area contributed by atoms with E-state index in [1.807, 2.05) is 0 Å². The predicted molar refractivity (Wildman–Crippen MR) is 126 cm³/mol. The number of thiophene rings is 1. The van der Waals surface area contributed by atoms with Crippen molar-refractivity contribution in [2.45, 2.75) is 19.1 Å². The van der Waals surface area contributed by atoms with Crippen molar-refractivity contribution in [3.05, 3.63) is 70.7 Å². The fourth-order valence-corrected chi connectivity index (χ4v) is 5.01. The molecule has 3 aromatic heterocycles. The Morgan fingerprint density at radius 2 is 1.89 bits per heavy atom. The Morgan fingerprint density at radius 1 is 1.11 bits per heavy atom. The molecule has 35 heavy (non-hydrogen) atoms. The molecule has 0 unspecified atom stereocenters. The molecule has 5 rings (SSSR count). The molecule has 6 nitrogen and oxygen atoms in total. The number of carboxylic acid groups (broad SMARTS) is 1. The second-order valence-corrected chi connectivity index (χ2v) is 9.15. The SMILES string of the molecule is O=C(O)CCn1cc(Cl)c2cc(-c3noc(-c4cc(-c5ccccc5)c(C(F)(F)F)s4)n3)ccc21. The summed E-state index contributed by atoms with van der Waals surface area (Å²) < 4.78 is 48.2. The van der Waals surface area contributed by atoms with Crippen molar-refractivity contribution in [1.29, 1.82) is 0 Å². The van der Waals surface area contributed by atoms with Gasteiger partial charge in [0.15, 0.2) is 0 Å². The Morgan fingerprint density at radius 3 is 2.60 bits per heavy atom. The molecule has 0 aliphatic carbocycles. The van der Waals surface area contributed by atoms with Crippen LogP contribution in [0.15, 0.2) is 65.3 Å². The Kier molecular flexibility index (Phi) is 5.86. The number of carbonyl (C=O) groups is 1. The van der Waals surface area contributed by atoms with Crippen molar-refractivity contribution in [1.82, 2.24) is 14.7 Å². The van der Waals surface area contributed by atoms with Crippen molar-refractivity contribution >= 4 is 39.8 Å². The molecule has 0 saturated carbocycles. The van der Waals surface area contributed by atoms with Gasteiger partial charge in [-0.2, -0.15) is 18.2 Å². The summed E-state index contributed by atoms with van der Waals surface area (Å²) in [7, 11) is 0. The lowest BCUT2D eigenvalue weighted by Gasteiger charge is -2.07. The summed E-state index contributed by atoms with van der Waals surface area (Å²) in [5, 5.41) is 14.0. The first kappa shape index (κ1) is 23.1. The van der Waals surface area contributed by atoms with Gasteiger partial charge in [0.25, 0.3) is 5.89 Å². The van der Waals surface area contributed by atoms with Crippen molar-refractivity contribution in [2.75, 3.05) is 0 Å². The van der Waals surface area contributed by atoms with Crippen molar-refractivity contribution in [3.8, 4) is 33.3 Å². The number of alkyl halides is 3. The number of halogens is 4. The van der Waals surface area contributed by atoms with E-state index in [1.54, 1.807) is 59.3 Å². The molecule has 2 aromatic carbocycles. The van der Waals surface area contributed by atoms with Gasteiger partial charge in [-0.1, -0.05) is 47.1 Å². The van der Waals surface area contributed by atoms with Crippen LogP contribution in [-0.4, -0.2) is 25.8 Å². The molecule has 0 amide bonds. The highest BCUT2D eigenvalue weighted by atomic mass is 35.5. The fourth-order valence-electron chi connectivity index (χ4n) is 3.77. The average Bonchev–Trinajstić information content (AvgIpc) is 3.55. The summed E-state index contributed by atoms with van der Waals surface area (Å²) in [6.07, 6.45) is -2.94. The summed E-state index contributed by atoms with van der Waals surface area (Å²) in [6.45, 7) is 0.258. The van der Waals surface area contributed by atoms with E-state index in [0.717, 1.165) is 5.52 Å². The number of aryl methyl sites for hydroxylation is 1. The number of rotatable bonds is 6. The van der Waals surface area contributed by atoms with Crippen LogP contribution in [0.3, 0.4) is 0 Å². The molecule has 0 radical (unpaired) electrons. The zero-order valence-corrected chi connectivity index (χ0v) is 19.3. The third kappa shape index (κ3) is 4.54. The van der Waals surface area contributed by atoms with E-state index in [-0.39, 0.29) is 35.1 Å². The van der Waals surface area contributed by atoms with E-state index in [0.29, 0.717) is 32.9 Å². The summed E-state index contributed by atoms with van der Waals surface area (Å²) in [4.78, 5) is 14.7. The van der Waals surface area contributed by atoms with Gasteiger partial charge in [-0.3, -0.25) is 4.79 Å². The van der Waals surface area contributed by atoms with Crippen LogP contribution < -0.4 is 0 Å². The summed E-state index contributed by atoms with van der Waals surface area (Å²) in [6, 6.07) is 14.9. The van der Waals surface area contributed by atoms with E-state index in [4.69, 9.17) is 21.2 Å². The zero-order chi connectivity index (χ0) is 24.7. The van der Waals surface area contributed by atoms with Gasteiger partial charge in [-0.25, -0.2) is 0 Å². The first-order valence-electron chi connectivity index (χ1n) is 10.3. The van der Waals surface area contributed by atoms with Crippen molar-refractivity contribution in [3.63, 3.8) is 0 Å². The molecular formula is C24H15ClF3N3O3S. The Hall–Kier alpha value is -3.63. The molecule has 1 N–H and O–H groups in total. The van der Waals surface area contributed by atoms with E-state index in [1.165, 1.54) is 6.07 Å². The highest BCUT2D eigenvalue weighted by Gasteiger charge is 2.37. The van der Waals surface area contributed by atoms with Crippen LogP contribution in [0.1, 0.15) is 11.3 Å². The molecule has 0 aliphatic heterocycles. The Labute approximate surface area is 205 Å². The van der Waals surface area contributed by atoms with Gasteiger partial charge in [-0.15, -0.1) is 11.3 Å². The third-order valence-electron chi connectivity index (χ3n) is 5.37. The van der Waals surface area contributed by atoms with Gasteiger partial charge in [0, 0.05) is 34.8 Å². The van der Waals surface area contributed by atoms with Crippen molar-refractivity contribution in [2.24, 2.45) is 0 Å². The molecule has 0 saturated heterocycles. The molecule has 0 aliphatic rings. The fraction of sp³-hybridized carbons (Fsp3) is 0.125. The topological polar surface area (TPSA) is 81.1 Å². The van der Waals surface area contributed by atoms with E-state index >= 15 is 0 Å². The van der Waals surface area contributed by atoms with E-state index in [9.17, 15) is 18.0 Å². The van der Waals surface area contributed by atoms with E-state index < -0.39 is 17.0 Å². The van der Waals surface area contributed by atoms with Crippen LogP contribution >= 0.6 is 22.9 Å². The monoisotopic (exact) mass is 517 g/mol. The number of hydrogen-bond donors (Lipinski definition) is 1. The van der Waals surface area contributed by atoms with Gasteiger partial charge in [-0.05, 0) is 29.8 Å². The standard InChI is InChI=1S/C24H15ClF3N3O3S/c25-17-12-31(9-8-20(32)33)18-7-6-14(10-16(17)18)22-29-23(34-30-22)19-11-15(13-4-2-1-3-5-13)21(35-19)24(26,27)28/h1-7,10-12H,8-9H2,(H,32,33). The van der Waals surface area contributed by atoms with Crippen LogP contribution in [0.2, 0.25) is 5.02 Å². The highest BCUT2D eigenvalue weighted by Crippen LogP contribution is 2.45. The second-order valence-electron chi connectivity index (χ2n) is 7.69. The molecule has 0 spiro atoms. The van der Waals surface area contributed by atoms with Gasteiger partial charge in [0.05, 0.1) is 16.3 Å². The number of hydrogen-bond acceptors (Lipinski definition) is 5. The van der Waals surface area contributed by atoms with Crippen molar-refractivity contribution < 1.29 is 27.6 Å². The van der Waals surface area contributed by atoms with Crippen LogP contribution in [0.4, 0.5) is 13.2 Å². The number of carboxylic acids is 1. The Bertz CT molecular complexity index is 1540. The van der Waals surface area contributed by atoms with Gasteiger partial charge in [0.1, 0.15) is 4.88 Å². The summed E-state index contributed by atoms with van der Waals surface area (Å²) in [5.41, 5.74) is 1.79. The van der Waals surface area contributed by atoms with Crippen LogP contribution in [0.25, 0.3) is 44.2 Å². The smallest absolute Gasteiger partial charge is 0.426 e. The van der Waals surface area contributed by atoms with Gasteiger partial charge < -0.3 is 14.2 Å². The number of aromatic nitrogens is 3. The third-order valence-corrected chi connectivity index (χ3v) is 6.84. The summed E-state index contributed by atoms with van der Waals surface area (Å²) >= 11 is 6.88. The maximum Gasteiger partial charge on any atom is 0.426 e. The molecule has 0 fully saturated rings. The number of nitrogens with zero attached hydrogens (tertiary/aromatic N) is 3. The minimum atomic E-state index is -4.54. The maximum atomic E-state index is 13.7. The lowest BCUT2D eigenvalue weighted by Crippen LogP contribution is -2.03. The Balaban J connectivity index is 1.50. The number of aliphatic carboxylic acids is 1. The first-order chi connectivity index (χ1) is 16.7. The first-order valence-corrected chi connectivity index (χ1v) is 11.5. The predicted octanol–water partition coefficient (Wildman–Crippen LogP) is 7.23. The number of benzene rings is 2. The van der Waals surface area contributed by atoms with Crippen LogP contribution in [0, 0.1) is 0 Å². The minimum Gasteiger partial charge on any atom is -0.481 e. The molecule has 178 valence electrons. The lowest BCUT2D eigenvalue weighted by molar-refractivity contribution is -0.137. The normalized spacial score (nSPS) is 11.9. The highest BCUT2D eigenvalue weighted by molar-refractivity contribution is 7.16. The lowest BCUT2D eigenvalue weighted by atomic mass is 10.1. The average molecular weight is 518 g/mol. The molecule has 5 aromatic rings. The zero-order valence-electron chi connectivity index (χ0n) is 17.7. The molecule has 3 heterocycles.